The zero-order valence-corrected chi connectivity index (χ0v) is 11.0. The van der Waals surface area contributed by atoms with Crippen molar-refractivity contribution >= 4 is 18.3 Å². The second-order valence-corrected chi connectivity index (χ2v) is 3.93. The van der Waals surface area contributed by atoms with Gasteiger partial charge in [0.1, 0.15) is 0 Å². The number of nitrogens with two attached hydrogens (primary N) is 1. The molecule has 0 saturated carbocycles. The van der Waals surface area contributed by atoms with Crippen LogP contribution < -0.4 is 5.73 Å². The van der Waals surface area contributed by atoms with Gasteiger partial charge >= 0.3 is 6.18 Å². The Labute approximate surface area is 104 Å². The van der Waals surface area contributed by atoms with Crippen molar-refractivity contribution < 1.29 is 22.5 Å². The Hall–Kier alpha value is -0.530. The van der Waals surface area contributed by atoms with Crippen LogP contribution in [-0.2, 0) is 4.79 Å². The van der Waals surface area contributed by atoms with Crippen molar-refractivity contribution in [2.45, 2.75) is 31.7 Å². The highest BCUT2D eigenvalue weighted by atomic mass is 32.2. The first kappa shape index (κ1) is 21.7. The fourth-order valence-corrected chi connectivity index (χ4v) is 0.877. The summed E-state index contributed by atoms with van der Waals surface area (Å²) in [5.41, 5.74) is 4.50. The predicted molar refractivity (Wildman–Crippen MR) is 65.9 cm³/mol. The van der Waals surface area contributed by atoms with E-state index in [1.807, 2.05) is 13.0 Å². The number of rotatable bonds is 4. The minimum absolute atomic E-state index is 0.322. The summed E-state index contributed by atoms with van der Waals surface area (Å²) >= 11 is 0.925. The van der Waals surface area contributed by atoms with Crippen molar-refractivity contribution in [3.8, 4) is 0 Å². The third-order valence-corrected chi connectivity index (χ3v) is 2.44. The van der Waals surface area contributed by atoms with E-state index in [-0.39, 0.29) is 0 Å². The molecule has 0 aromatic carbocycles. The van der Waals surface area contributed by atoms with E-state index in [1.165, 1.54) is 7.05 Å². The lowest BCUT2D eigenvalue weighted by molar-refractivity contribution is -0.156. The molecule has 0 saturated heterocycles. The topological polar surface area (TPSA) is 63.3 Å². The Bertz CT molecular complexity index is 189. The van der Waals surface area contributed by atoms with Gasteiger partial charge in [-0.1, -0.05) is 19.9 Å². The van der Waals surface area contributed by atoms with E-state index in [2.05, 4.69) is 19.2 Å². The molecule has 0 spiro atoms. The summed E-state index contributed by atoms with van der Waals surface area (Å²) in [6.07, 6.45) is -2.83. The van der Waals surface area contributed by atoms with Gasteiger partial charge in [0, 0.05) is 5.25 Å². The molecule has 0 radical (unpaired) electrons. The first-order chi connectivity index (χ1) is 7.78. The Morgan fingerprint density at radius 3 is 1.94 bits per heavy atom. The summed E-state index contributed by atoms with van der Waals surface area (Å²) in [5, 5.41) is 0.322. The van der Waals surface area contributed by atoms with E-state index >= 15 is 0 Å². The minimum atomic E-state index is -4.64. The van der Waals surface area contributed by atoms with Crippen molar-refractivity contribution in [3.63, 3.8) is 0 Å². The predicted octanol–water partition coefficient (Wildman–Crippen LogP) is 3.12. The van der Waals surface area contributed by atoms with Crippen molar-refractivity contribution in [2.24, 2.45) is 11.7 Å². The number of allylic oxidation sites excluding steroid dienone is 1. The standard InChI is InChI=1S/C7H14OS.C2HF3O.CH5N/c1-4-5-6(2)7(3)9-8;3-2(4,5)1-6;1-2/h4,6-8H,1,5H2,2-3H3;1H;2H2,1H3. The summed E-state index contributed by atoms with van der Waals surface area (Å²) in [5.74, 6) is 0.525. The van der Waals surface area contributed by atoms with Crippen LogP contribution in [0.3, 0.4) is 0 Å². The fourth-order valence-electron chi connectivity index (χ4n) is 0.558. The van der Waals surface area contributed by atoms with Crippen molar-refractivity contribution in [1.82, 2.24) is 0 Å². The van der Waals surface area contributed by atoms with Gasteiger partial charge in [-0.3, -0.25) is 4.79 Å². The molecule has 0 aliphatic heterocycles. The average molecular weight is 275 g/mol. The molecular weight excluding hydrogens is 255 g/mol. The molecule has 3 nitrogen and oxygen atoms in total. The van der Waals surface area contributed by atoms with Crippen LogP contribution in [0.1, 0.15) is 20.3 Å². The molecule has 2 unspecified atom stereocenters. The number of hydrogen-bond donors (Lipinski definition) is 2. The number of carbonyl (C=O) groups excluding carboxylic acids is 1. The zero-order chi connectivity index (χ0) is 14.5. The van der Waals surface area contributed by atoms with Crippen LogP contribution in [0.25, 0.3) is 0 Å². The van der Waals surface area contributed by atoms with E-state index < -0.39 is 12.5 Å². The van der Waals surface area contributed by atoms with Gasteiger partial charge in [0.2, 0.25) is 6.29 Å². The Kier molecular flexibility index (Phi) is 17.3. The van der Waals surface area contributed by atoms with Crippen LogP contribution in [0.15, 0.2) is 12.7 Å². The van der Waals surface area contributed by atoms with Gasteiger partial charge in [0.05, 0.1) is 0 Å². The molecule has 0 fully saturated rings. The largest absolute Gasteiger partial charge is 0.446 e. The number of alkyl halides is 3. The SMILES string of the molecule is C=CCC(C)C(C)SO.CN.O=CC(F)(F)F. The molecule has 104 valence electrons. The molecular formula is C10H20F3NO2S. The van der Waals surface area contributed by atoms with Crippen molar-refractivity contribution in [3.05, 3.63) is 12.7 Å². The highest BCUT2D eigenvalue weighted by molar-refractivity contribution is 7.94. The van der Waals surface area contributed by atoms with Gasteiger partial charge in [-0.25, -0.2) is 0 Å². The van der Waals surface area contributed by atoms with Crippen molar-refractivity contribution in [2.75, 3.05) is 7.05 Å². The maximum atomic E-state index is 10.4. The lowest BCUT2D eigenvalue weighted by Crippen LogP contribution is -2.07. The molecule has 0 heterocycles. The monoisotopic (exact) mass is 275 g/mol. The van der Waals surface area contributed by atoms with Gasteiger partial charge in [0.25, 0.3) is 0 Å². The van der Waals surface area contributed by atoms with E-state index in [9.17, 15) is 13.2 Å². The Balaban J connectivity index is -0.000000213. The highest BCUT2D eigenvalue weighted by Crippen LogP contribution is 2.18. The molecule has 2 atom stereocenters. The molecule has 0 aliphatic carbocycles. The molecule has 3 N–H and O–H groups in total. The molecule has 0 bridgehead atoms. The maximum Gasteiger partial charge on any atom is 0.446 e. The lowest BCUT2D eigenvalue weighted by atomic mass is 10.1. The number of hydrogen-bond acceptors (Lipinski definition) is 4. The highest BCUT2D eigenvalue weighted by Gasteiger charge is 2.24. The Morgan fingerprint density at radius 2 is 1.76 bits per heavy atom. The minimum Gasteiger partial charge on any atom is -0.333 e. The molecule has 0 rings (SSSR count). The maximum absolute atomic E-state index is 10.4. The number of aldehydes is 1. The van der Waals surface area contributed by atoms with Gasteiger partial charge in [0.15, 0.2) is 0 Å². The summed E-state index contributed by atoms with van der Waals surface area (Å²) in [4.78, 5) is 8.70. The summed E-state index contributed by atoms with van der Waals surface area (Å²) in [7, 11) is 1.50. The average Bonchev–Trinajstić information content (AvgIpc) is 2.31. The number of carbonyl (C=O) groups is 1. The number of halogens is 3. The summed E-state index contributed by atoms with van der Waals surface area (Å²) in [6.45, 7) is 7.75. The van der Waals surface area contributed by atoms with Gasteiger partial charge in [-0.15, -0.1) is 6.58 Å². The van der Waals surface area contributed by atoms with Gasteiger partial charge < -0.3 is 10.3 Å². The third kappa shape index (κ3) is 21.3. The van der Waals surface area contributed by atoms with Crippen LogP contribution in [0.4, 0.5) is 13.2 Å². The second kappa shape index (κ2) is 13.5. The first-order valence-electron chi connectivity index (χ1n) is 4.80. The van der Waals surface area contributed by atoms with Gasteiger partial charge in [-0.05, 0) is 31.4 Å². The van der Waals surface area contributed by atoms with E-state index in [1.54, 1.807) is 0 Å². The smallest absolute Gasteiger partial charge is 0.333 e. The molecule has 0 aliphatic rings. The zero-order valence-electron chi connectivity index (χ0n) is 10.2. The fraction of sp³-hybridized carbons (Fsp3) is 0.700. The molecule has 0 aromatic rings. The summed E-state index contributed by atoms with van der Waals surface area (Å²) < 4.78 is 39.9. The molecule has 7 heteroatoms. The Morgan fingerprint density at radius 1 is 1.41 bits per heavy atom. The summed E-state index contributed by atoms with van der Waals surface area (Å²) in [6, 6.07) is 0. The van der Waals surface area contributed by atoms with Crippen molar-refractivity contribution in [1.29, 1.82) is 0 Å². The molecule has 0 aromatic heterocycles. The van der Waals surface area contributed by atoms with E-state index in [0.717, 1.165) is 18.5 Å². The third-order valence-electron chi connectivity index (χ3n) is 1.64. The van der Waals surface area contributed by atoms with Crippen LogP contribution >= 0.6 is 12.0 Å². The molecule has 17 heavy (non-hydrogen) atoms. The van der Waals surface area contributed by atoms with E-state index in [4.69, 9.17) is 9.35 Å². The lowest BCUT2D eigenvalue weighted by Gasteiger charge is -2.13. The van der Waals surface area contributed by atoms with Gasteiger partial charge in [-0.2, -0.15) is 13.2 Å². The van der Waals surface area contributed by atoms with Crippen LogP contribution in [-0.4, -0.2) is 29.3 Å². The second-order valence-electron chi connectivity index (χ2n) is 2.97. The van der Waals surface area contributed by atoms with E-state index in [0.29, 0.717) is 11.2 Å². The quantitative estimate of drug-likeness (QED) is 0.470. The van der Waals surface area contributed by atoms with Crippen LogP contribution in [0.2, 0.25) is 0 Å². The first-order valence-corrected chi connectivity index (χ1v) is 5.64. The normalized spacial score (nSPS) is 13.2. The van der Waals surface area contributed by atoms with Crippen LogP contribution in [0.5, 0.6) is 0 Å². The molecule has 0 amide bonds. The van der Waals surface area contributed by atoms with Crippen LogP contribution in [0, 0.1) is 5.92 Å².